The highest BCUT2D eigenvalue weighted by Crippen LogP contribution is 2.17. The fourth-order valence-electron chi connectivity index (χ4n) is 3.29. The number of pyridine rings is 1. The molecule has 1 atom stereocenters. The van der Waals surface area contributed by atoms with Gasteiger partial charge in [0.1, 0.15) is 11.9 Å². The number of rotatable bonds is 7. The number of nitrogens with zero attached hydrogens (tertiary/aromatic N) is 3. The molecule has 0 bridgehead atoms. The lowest BCUT2D eigenvalue weighted by atomic mass is 10.1. The molecule has 29 heavy (non-hydrogen) atoms. The first-order valence-corrected chi connectivity index (χ1v) is 11.8. The minimum atomic E-state index is -0.525. The van der Waals surface area contributed by atoms with Crippen molar-refractivity contribution in [3.05, 3.63) is 58.7 Å². The molecule has 1 N–H and O–H groups in total. The molecule has 0 spiro atoms. The van der Waals surface area contributed by atoms with E-state index in [1.54, 1.807) is 24.0 Å². The number of piperazine rings is 1. The van der Waals surface area contributed by atoms with Crippen molar-refractivity contribution in [2.24, 2.45) is 0 Å². The number of carbonyl (C=O) groups excluding carboxylic acids is 2. The summed E-state index contributed by atoms with van der Waals surface area (Å²) in [5, 5.41) is 2.95. The molecule has 8 heteroatoms. The van der Waals surface area contributed by atoms with Crippen LogP contribution >= 0.6 is 27.7 Å². The molecule has 0 radical (unpaired) electrons. The molecule has 2 aromatic rings. The normalized spacial score (nSPS) is 15.1. The van der Waals surface area contributed by atoms with Crippen molar-refractivity contribution in [1.29, 1.82) is 0 Å². The van der Waals surface area contributed by atoms with E-state index in [-0.39, 0.29) is 11.8 Å². The van der Waals surface area contributed by atoms with Crippen LogP contribution in [0.15, 0.2) is 53.1 Å². The van der Waals surface area contributed by atoms with Crippen LogP contribution in [-0.2, 0) is 4.79 Å². The van der Waals surface area contributed by atoms with Crippen molar-refractivity contribution in [3.63, 3.8) is 0 Å². The molecular weight excluding hydrogens is 452 g/mol. The lowest BCUT2D eigenvalue weighted by Crippen LogP contribution is -2.55. The number of amides is 2. The van der Waals surface area contributed by atoms with Gasteiger partial charge in [-0.3, -0.25) is 9.59 Å². The van der Waals surface area contributed by atoms with E-state index >= 15 is 0 Å². The third kappa shape index (κ3) is 5.73. The maximum atomic E-state index is 13.2. The van der Waals surface area contributed by atoms with Crippen molar-refractivity contribution in [2.45, 2.75) is 12.5 Å². The molecule has 1 fully saturated rings. The summed E-state index contributed by atoms with van der Waals surface area (Å²) in [7, 11) is 0. The third-order valence-electron chi connectivity index (χ3n) is 4.90. The summed E-state index contributed by atoms with van der Waals surface area (Å²) >= 11 is 5.08. The second kappa shape index (κ2) is 10.6. The molecule has 6 nitrogen and oxygen atoms in total. The average molecular weight is 477 g/mol. The molecule has 1 aromatic heterocycles. The van der Waals surface area contributed by atoms with E-state index < -0.39 is 6.04 Å². The number of hydrogen-bond acceptors (Lipinski definition) is 5. The summed E-state index contributed by atoms with van der Waals surface area (Å²) in [6.45, 7) is 2.71. The molecule has 1 aliphatic rings. The Kier molecular flexibility index (Phi) is 7.94. The Labute approximate surface area is 184 Å². The Hall–Kier alpha value is -2.06. The number of benzene rings is 1. The van der Waals surface area contributed by atoms with Crippen LogP contribution in [0, 0.1) is 0 Å². The van der Waals surface area contributed by atoms with E-state index in [1.807, 2.05) is 47.6 Å². The number of aromatic nitrogens is 1. The van der Waals surface area contributed by atoms with Crippen LogP contribution in [0.1, 0.15) is 16.8 Å². The molecule has 0 aliphatic carbocycles. The van der Waals surface area contributed by atoms with E-state index in [0.29, 0.717) is 25.1 Å². The number of halogens is 1. The van der Waals surface area contributed by atoms with Crippen molar-refractivity contribution >= 4 is 45.3 Å². The van der Waals surface area contributed by atoms with E-state index in [4.69, 9.17) is 0 Å². The van der Waals surface area contributed by atoms with E-state index in [2.05, 4.69) is 31.1 Å². The van der Waals surface area contributed by atoms with Crippen LogP contribution < -0.4 is 10.2 Å². The quantitative estimate of drug-likeness (QED) is 0.664. The van der Waals surface area contributed by atoms with Crippen LogP contribution in [0.2, 0.25) is 0 Å². The van der Waals surface area contributed by atoms with Crippen LogP contribution in [0.3, 0.4) is 0 Å². The van der Waals surface area contributed by atoms with Gasteiger partial charge in [0.15, 0.2) is 0 Å². The molecule has 0 saturated carbocycles. The molecule has 154 valence electrons. The maximum Gasteiger partial charge on any atom is 0.253 e. The van der Waals surface area contributed by atoms with Crippen LogP contribution in [0.4, 0.5) is 5.82 Å². The SMILES string of the molecule is CSCCC(NC(=O)c1ccccc1Br)C(=O)N1CCN(c2ccccn2)CC1. The van der Waals surface area contributed by atoms with Gasteiger partial charge in [0, 0.05) is 36.8 Å². The Morgan fingerprint density at radius 2 is 1.86 bits per heavy atom. The second-order valence-electron chi connectivity index (χ2n) is 6.79. The Morgan fingerprint density at radius 1 is 1.14 bits per heavy atom. The summed E-state index contributed by atoms with van der Waals surface area (Å²) in [5.74, 6) is 1.49. The lowest BCUT2D eigenvalue weighted by Gasteiger charge is -2.37. The first-order chi connectivity index (χ1) is 14.1. The minimum absolute atomic E-state index is 0.0138. The van der Waals surface area contributed by atoms with Crippen molar-refractivity contribution in [3.8, 4) is 0 Å². The molecule has 1 unspecified atom stereocenters. The zero-order chi connectivity index (χ0) is 20.6. The van der Waals surface area contributed by atoms with Gasteiger partial charge < -0.3 is 15.1 Å². The highest BCUT2D eigenvalue weighted by Gasteiger charge is 2.29. The monoisotopic (exact) mass is 476 g/mol. The lowest BCUT2D eigenvalue weighted by molar-refractivity contribution is -0.133. The molecule has 2 amide bonds. The van der Waals surface area contributed by atoms with Gasteiger partial charge in [-0.2, -0.15) is 11.8 Å². The topological polar surface area (TPSA) is 65.5 Å². The molecule has 2 heterocycles. The highest BCUT2D eigenvalue weighted by atomic mass is 79.9. The third-order valence-corrected chi connectivity index (χ3v) is 6.23. The predicted octanol–water partition coefficient (Wildman–Crippen LogP) is 3.04. The van der Waals surface area contributed by atoms with E-state index in [9.17, 15) is 9.59 Å². The molecular formula is C21H25BrN4O2S. The molecule has 1 aliphatic heterocycles. The van der Waals surface area contributed by atoms with Gasteiger partial charge in [0.05, 0.1) is 5.56 Å². The summed E-state index contributed by atoms with van der Waals surface area (Å²) < 4.78 is 0.720. The van der Waals surface area contributed by atoms with Crippen molar-refractivity contribution < 1.29 is 9.59 Å². The fourth-order valence-corrected chi connectivity index (χ4v) is 4.23. The first kappa shape index (κ1) is 21.6. The van der Waals surface area contributed by atoms with Gasteiger partial charge >= 0.3 is 0 Å². The zero-order valence-electron chi connectivity index (χ0n) is 16.4. The molecule has 1 aromatic carbocycles. The molecule has 3 rings (SSSR count). The van der Waals surface area contributed by atoms with Gasteiger partial charge in [-0.15, -0.1) is 0 Å². The average Bonchev–Trinajstić information content (AvgIpc) is 2.77. The van der Waals surface area contributed by atoms with Gasteiger partial charge in [-0.05, 0) is 58.6 Å². The highest BCUT2D eigenvalue weighted by molar-refractivity contribution is 9.10. The van der Waals surface area contributed by atoms with E-state index in [1.165, 1.54) is 0 Å². The number of anilines is 1. The van der Waals surface area contributed by atoms with Gasteiger partial charge in [-0.25, -0.2) is 4.98 Å². The van der Waals surface area contributed by atoms with Crippen molar-refractivity contribution in [1.82, 2.24) is 15.2 Å². The first-order valence-electron chi connectivity index (χ1n) is 9.59. The molecule has 1 saturated heterocycles. The number of carbonyl (C=O) groups is 2. The van der Waals surface area contributed by atoms with Gasteiger partial charge in [-0.1, -0.05) is 18.2 Å². The van der Waals surface area contributed by atoms with Crippen LogP contribution in [0.5, 0.6) is 0 Å². The fraction of sp³-hybridized carbons (Fsp3) is 0.381. The summed E-state index contributed by atoms with van der Waals surface area (Å²) in [4.78, 5) is 34.3. The minimum Gasteiger partial charge on any atom is -0.353 e. The summed E-state index contributed by atoms with van der Waals surface area (Å²) in [6.07, 6.45) is 4.39. The predicted molar refractivity (Wildman–Crippen MR) is 121 cm³/mol. The van der Waals surface area contributed by atoms with Crippen LogP contribution in [-0.4, -0.2) is 65.9 Å². The van der Waals surface area contributed by atoms with Crippen LogP contribution in [0.25, 0.3) is 0 Å². The van der Waals surface area contributed by atoms with Gasteiger partial charge in [0.25, 0.3) is 5.91 Å². The van der Waals surface area contributed by atoms with Gasteiger partial charge in [0.2, 0.25) is 5.91 Å². The number of thioether (sulfide) groups is 1. The van der Waals surface area contributed by atoms with E-state index in [0.717, 1.165) is 29.1 Å². The summed E-state index contributed by atoms with van der Waals surface area (Å²) in [5.41, 5.74) is 0.537. The Bertz CT molecular complexity index is 828. The zero-order valence-corrected chi connectivity index (χ0v) is 18.8. The summed E-state index contributed by atoms with van der Waals surface area (Å²) in [6, 6.07) is 12.6. The smallest absolute Gasteiger partial charge is 0.253 e. The second-order valence-corrected chi connectivity index (χ2v) is 8.63. The van der Waals surface area contributed by atoms with Crippen molar-refractivity contribution in [2.75, 3.05) is 43.1 Å². The maximum absolute atomic E-state index is 13.2. The Balaban J connectivity index is 1.63. The Morgan fingerprint density at radius 3 is 2.52 bits per heavy atom. The standard InChI is InChI=1S/C21H25BrN4O2S/c1-29-15-9-18(24-20(27)16-6-2-3-7-17(16)22)21(28)26-13-11-25(12-14-26)19-8-4-5-10-23-19/h2-8,10,18H,9,11-15H2,1H3,(H,24,27). The number of nitrogens with one attached hydrogen (secondary N) is 1. The largest absolute Gasteiger partial charge is 0.353 e. The number of hydrogen-bond donors (Lipinski definition) is 1.